The third-order valence-electron chi connectivity index (χ3n) is 3.68. The predicted molar refractivity (Wildman–Crippen MR) is 110 cm³/mol. The van der Waals surface area contributed by atoms with Gasteiger partial charge in [-0.3, -0.25) is 10.1 Å². The SMILES string of the molecule is CNc1nc(N/N=C\c2cccc([N+](=O)[O-])c2OC)nc(Nc2ccccc2)n1. The molecule has 0 aliphatic heterocycles. The molecule has 11 heteroatoms. The Kier molecular flexibility index (Phi) is 6.10. The number of ether oxygens (including phenoxy) is 1. The van der Waals surface area contributed by atoms with E-state index in [9.17, 15) is 10.1 Å². The first-order chi connectivity index (χ1) is 14.1. The maximum atomic E-state index is 11.1. The van der Waals surface area contributed by atoms with Crippen LogP contribution in [0.4, 0.5) is 29.2 Å². The monoisotopic (exact) mass is 394 g/mol. The largest absolute Gasteiger partial charge is 0.490 e. The van der Waals surface area contributed by atoms with Crippen molar-refractivity contribution in [3.8, 4) is 5.75 Å². The standard InChI is InChI=1S/C18H18N8O3/c1-19-16-22-17(21-13-8-4-3-5-9-13)24-18(23-16)25-20-11-12-7-6-10-14(26(27)28)15(12)29-2/h3-11H,1-2H3,(H3,19,21,22,23,24,25)/b20-11-. The molecule has 0 saturated heterocycles. The lowest BCUT2D eigenvalue weighted by Gasteiger charge is -2.08. The van der Waals surface area contributed by atoms with Crippen LogP contribution in [0, 0.1) is 10.1 Å². The van der Waals surface area contributed by atoms with Crippen LogP contribution in [-0.2, 0) is 0 Å². The third-order valence-corrected chi connectivity index (χ3v) is 3.68. The van der Waals surface area contributed by atoms with Crippen molar-refractivity contribution in [2.24, 2.45) is 5.10 Å². The van der Waals surface area contributed by atoms with Crippen LogP contribution in [0.25, 0.3) is 0 Å². The molecular formula is C18H18N8O3. The van der Waals surface area contributed by atoms with Crippen LogP contribution in [0.2, 0.25) is 0 Å². The smallest absolute Gasteiger partial charge is 0.311 e. The Bertz CT molecular complexity index is 1030. The Hall–Kier alpha value is -4.28. The average molecular weight is 394 g/mol. The van der Waals surface area contributed by atoms with Gasteiger partial charge in [0.25, 0.3) is 0 Å². The second kappa shape index (κ2) is 9.08. The number of nitro groups is 1. The fourth-order valence-electron chi connectivity index (χ4n) is 2.41. The van der Waals surface area contributed by atoms with Gasteiger partial charge in [-0.15, -0.1) is 0 Å². The van der Waals surface area contributed by atoms with Gasteiger partial charge in [-0.2, -0.15) is 20.1 Å². The topological polar surface area (TPSA) is 139 Å². The van der Waals surface area contributed by atoms with Gasteiger partial charge in [0.2, 0.25) is 23.6 Å². The van der Waals surface area contributed by atoms with Gasteiger partial charge in [0.1, 0.15) is 0 Å². The maximum Gasteiger partial charge on any atom is 0.311 e. The van der Waals surface area contributed by atoms with Gasteiger partial charge < -0.3 is 15.4 Å². The van der Waals surface area contributed by atoms with E-state index in [1.54, 1.807) is 19.2 Å². The highest BCUT2D eigenvalue weighted by Crippen LogP contribution is 2.29. The van der Waals surface area contributed by atoms with E-state index >= 15 is 0 Å². The van der Waals surface area contributed by atoms with E-state index in [0.29, 0.717) is 17.5 Å². The molecule has 1 aromatic heterocycles. The van der Waals surface area contributed by atoms with Crippen LogP contribution >= 0.6 is 0 Å². The van der Waals surface area contributed by atoms with E-state index in [-0.39, 0.29) is 17.4 Å². The van der Waals surface area contributed by atoms with Crippen molar-refractivity contribution in [1.29, 1.82) is 0 Å². The van der Waals surface area contributed by atoms with Gasteiger partial charge in [0.15, 0.2) is 0 Å². The molecule has 0 fully saturated rings. The van der Waals surface area contributed by atoms with Gasteiger partial charge in [-0.1, -0.05) is 24.3 Å². The summed E-state index contributed by atoms with van der Waals surface area (Å²) in [5, 5.41) is 21.1. The number of nitrogens with zero attached hydrogens (tertiary/aromatic N) is 5. The van der Waals surface area contributed by atoms with E-state index in [4.69, 9.17) is 4.74 Å². The summed E-state index contributed by atoms with van der Waals surface area (Å²) >= 11 is 0. The van der Waals surface area contributed by atoms with Crippen molar-refractivity contribution in [2.75, 3.05) is 30.2 Å². The van der Waals surface area contributed by atoms with E-state index in [1.165, 1.54) is 19.4 Å². The second-order valence-corrected chi connectivity index (χ2v) is 5.57. The molecule has 0 bridgehead atoms. The summed E-state index contributed by atoms with van der Waals surface area (Å²) in [4.78, 5) is 23.3. The number of benzene rings is 2. The van der Waals surface area contributed by atoms with Crippen molar-refractivity contribution in [1.82, 2.24) is 15.0 Å². The summed E-state index contributed by atoms with van der Waals surface area (Å²) in [6.07, 6.45) is 1.39. The Morgan fingerprint density at radius 2 is 1.76 bits per heavy atom. The number of hydrogen-bond acceptors (Lipinski definition) is 10. The van der Waals surface area contributed by atoms with Gasteiger partial charge in [-0.05, 0) is 18.2 Å². The summed E-state index contributed by atoms with van der Waals surface area (Å²) in [5.41, 5.74) is 3.79. The number of rotatable bonds is 8. The van der Waals surface area contributed by atoms with Gasteiger partial charge in [0.05, 0.1) is 18.2 Å². The molecule has 3 rings (SSSR count). The summed E-state index contributed by atoms with van der Waals surface area (Å²) in [6.45, 7) is 0. The summed E-state index contributed by atoms with van der Waals surface area (Å²) in [5.74, 6) is 0.953. The van der Waals surface area contributed by atoms with Crippen molar-refractivity contribution in [2.45, 2.75) is 0 Å². The van der Waals surface area contributed by atoms with Crippen molar-refractivity contribution < 1.29 is 9.66 Å². The molecule has 1 heterocycles. The van der Waals surface area contributed by atoms with E-state index in [2.05, 4.69) is 36.1 Å². The van der Waals surface area contributed by atoms with Crippen LogP contribution in [0.5, 0.6) is 5.75 Å². The minimum absolute atomic E-state index is 0.112. The number of anilines is 4. The van der Waals surface area contributed by atoms with Crippen LogP contribution in [0.15, 0.2) is 53.6 Å². The first kappa shape index (κ1) is 19.5. The molecule has 148 valence electrons. The number of nitro benzene ring substituents is 1. The molecule has 0 radical (unpaired) electrons. The highest BCUT2D eigenvalue weighted by molar-refractivity contribution is 5.86. The molecule has 11 nitrogen and oxygen atoms in total. The molecule has 0 amide bonds. The number of nitrogens with one attached hydrogen (secondary N) is 3. The predicted octanol–water partition coefficient (Wildman–Crippen LogP) is 3.02. The van der Waals surface area contributed by atoms with E-state index in [0.717, 1.165) is 5.69 Å². The van der Waals surface area contributed by atoms with E-state index in [1.807, 2.05) is 30.3 Å². The van der Waals surface area contributed by atoms with Gasteiger partial charge in [0, 0.05) is 24.4 Å². The molecule has 3 aromatic rings. The highest BCUT2D eigenvalue weighted by atomic mass is 16.6. The maximum absolute atomic E-state index is 11.1. The zero-order chi connectivity index (χ0) is 20.6. The molecule has 0 spiro atoms. The van der Waals surface area contributed by atoms with Crippen molar-refractivity contribution >= 4 is 35.4 Å². The first-order valence-electron chi connectivity index (χ1n) is 8.47. The van der Waals surface area contributed by atoms with Crippen LogP contribution in [0.1, 0.15) is 5.56 Å². The fourth-order valence-corrected chi connectivity index (χ4v) is 2.41. The molecule has 3 N–H and O–H groups in total. The molecule has 0 saturated carbocycles. The normalized spacial score (nSPS) is 10.6. The molecule has 2 aromatic carbocycles. The number of methoxy groups -OCH3 is 1. The number of aromatic nitrogens is 3. The zero-order valence-electron chi connectivity index (χ0n) is 15.7. The first-order valence-corrected chi connectivity index (χ1v) is 8.47. The Balaban J connectivity index is 1.81. The number of hydrazone groups is 1. The molecule has 0 aliphatic carbocycles. The number of hydrogen-bond donors (Lipinski definition) is 3. The van der Waals surface area contributed by atoms with Gasteiger partial charge in [-0.25, -0.2) is 5.43 Å². The Morgan fingerprint density at radius 1 is 1.03 bits per heavy atom. The minimum Gasteiger partial charge on any atom is -0.490 e. The third kappa shape index (κ3) is 4.91. The van der Waals surface area contributed by atoms with Crippen molar-refractivity contribution in [3.63, 3.8) is 0 Å². The summed E-state index contributed by atoms with van der Waals surface area (Å²) in [6, 6.07) is 14.0. The van der Waals surface area contributed by atoms with Crippen LogP contribution in [-0.4, -0.2) is 40.2 Å². The van der Waals surface area contributed by atoms with Crippen molar-refractivity contribution in [3.05, 3.63) is 64.2 Å². The van der Waals surface area contributed by atoms with Gasteiger partial charge >= 0.3 is 5.69 Å². The van der Waals surface area contributed by atoms with E-state index < -0.39 is 4.92 Å². The molecule has 0 atom stereocenters. The summed E-state index contributed by atoms with van der Waals surface area (Å²) < 4.78 is 5.14. The molecule has 29 heavy (non-hydrogen) atoms. The lowest BCUT2D eigenvalue weighted by Crippen LogP contribution is -2.07. The molecule has 0 aliphatic rings. The fraction of sp³-hybridized carbons (Fsp3) is 0.111. The highest BCUT2D eigenvalue weighted by Gasteiger charge is 2.17. The van der Waals surface area contributed by atoms with Crippen LogP contribution in [0.3, 0.4) is 0 Å². The lowest BCUT2D eigenvalue weighted by atomic mass is 10.2. The second-order valence-electron chi connectivity index (χ2n) is 5.57. The zero-order valence-corrected chi connectivity index (χ0v) is 15.7. The molecule has 0 unspecified atom stereocenters. The Labute approximate surface area is 166 Å². The molecular weight excluding hydrogens is 376 g/mol. The lowest BCUT2D eigenvalue weighted by molar-refractivity contribution is -0.385. The number of para-hydroxylation sites is 2. The quantitative estimate of drug-likeness (QED) is 0.299. The minimum atomic E-state index is -0.518. The average Bonchev–Trinajstić information content (AvgIpc) is 2.74. The van der Waals surface area contributed by atoms with Crippen LogP contribution < -0.4 is 20.8 Å². The Morgan fingerprint density at radius 3 is 2.45 bits per heavy atom. The summed E-state index contributed by atoms with van der Waals surface area (Å²) in [7, 11) is 3.04.